The third-order valence-corrected chi connectivity index (χ3v) is 7.34. The van der Waals surface area contributed by atoms with Crippen molar-refractivity contribution in [2.75, 3.05) is 33.4 Å². The van der Waals surface area contributed by atoms with Crippen molar-refractivity contribution < 1.29 is 23.8 Å². The lowest BCUT2D eigenvalue weighted by atomic mass is 9.87. The molecule has 3 aliphatic heterocycles. The maximum Gasteiger partial charge on any atom is 0.252 e. The van der Waals surface area contributed by atoms with Gasteiger partial charge in [0.15, 0.2) is 0 Å². The van der Waals surface area contributed by atoms with Gasteiger partial charge in [-0.05, 0) is 41.7 Å². The van der Waals surface area contributed by atoms with Gasteiger partial charge in [0, 0.05) is 39.2 Å². The molecule has 2 fully saturated rings. The van der Waals surface area contributed by atoms with Crippen LogP contribution >= 0.6 is 0 Å². The molecule has 33 heavy (non-hydrogen) atoms. The zero-order chi connectivity index (χ0) is 22.9. The minimum atomic E-state index is -0.577. The molecule has 176 valence electrons. The van der Waals surface area contributed by atoms with E-state index in [9.17, 15) is 14.3 Å². The van der Waals surface area contributed by atoms with Gasteiger partial charge in [0.1, 0.15) is 11.9 Å². The van der Waals surface area contributed by atoms with Gasteiger partial charge < -0.3 is 19.5 Å². The van der Waals surface area contributed by atoms with Gasteiger partial charge in [0.2, 0.25) is 0 Å². The monoisotopic (exact) mass is 454 g/mol. The molecule has 0 radical (unpaired) electrons. The Morgan fingerprint density at radius 1 is 1.15 bits per heavy atom. The van der Waals surface area contributed by atoms with Gasteiger partial charge in [-0.25, -0.2) is 4.39 Å². The van der Waals surface area contributed by atoms with Crippen LogP contribution in [0, 0.1) is 5.82 Å². The topological polar surface area (TPSA) is 62.2 Å². The number of amides is 1. The summed E-state index contributed by atoms with van der Waals surface area (Å²) in [5.41, 5.74) is 3.18. The number of fused-ring (bicyclic) bond motifs is 1. The number of aliphatic hydroxyl groups is 1. The number of aliphatic hydroxyl groups excluding tert-OH is 1. The SMILES string of the molecule is CO[C@H]1CO[C@@H](C(=O)N2CCc3ccccc3[C@@H]2c2ccc(F)cc2)C[C@@H]1N1CC[C@H](O)C1. The number of hydrogen-bond donors (Lipinski definition) is 1. The van der Waals surface area contributed by atoms with Crippen LogP contribution in [0.2, 0.25) is 0 Å². The Morgan fingerprint density at radius 2 is 1.94 bits per heavy atom. The van der Waals surface area contributed by atoms with Crippen LogP contribution < -0.4 is 0 Å². The average Bonchev–Trinajstić information content (AvgIpc) is 3.29. The summed E-state index contributed by atoms with van der Waals surface area (Å²) in [5.74, 6) is -0.337. The molecule has 1 N–H and O–H groups in total. The lowest BCUT2D eigenvalue weighted by molar-refractivity contribution is -0.162. The predicted octanol–water partition coefficient (Wildman–Crippen LogP) is 2.54. The highest BCUT2D eigenvalue weighted by molar-refractivity contribution is 5.82. The van der Waals surface area contributed by atoms with Gasteiger partial charge in [-0.1, -0.05) is 36.4 Å². The second-order valence-electron chi connectivity index (χ2n) is 9.27. The van der Waals surface area contributed by atoms with Crippen molar-refractivity contribution in [2.45, 2.75) is 49.7 Å². The number of β-amino-alcohol motifs (C(OH)–C–C–N with tert-alkyl or cyclic N) is 1. The largest absolute Gasteiger partial charge is 0.392 e. The van der Waals surface area contributed by atoms with E-state index in [1.165, 1.54) is 17.7 Å². The van der Waals surface area contributed by atoms with Gasteiger partial charge in [-0.3, -0.25) is 9.69 Å². The highest BCUT2D eigenvalue weighted by Crippen LogP contribution is 2.37. The minimum absolute atomic E-state index is 0.0243. The maximum atomic E-state index is 13.9. The molecule has 7 heteroatoms. The zero-order valence-corrected chi connectivity index (χ0v) is 18.9. The molecule has 2 saturated heterocycles. The van der Waals surface area contributed by atoms with Crippen LogP contribution in [-0.4, -0.2) is 78.5 Å². The molecule has 2 aromatic carbocycles. The molecular formula is C26H31FN2O4. The highest BCUT2D eigenvalue weighted by Gasteiger charge is 2.43. The third-order valence-electron chi connectivity index (χ3n) is 7.34. The summed E-state index contributed by atoms with van der Waals surface area (Å²) in [7, 11) is 1.67. The van der Waals surface area contributed by atoms with Crippen LogP contribution in [0.3, 0.4) is 0 Å². The van der Waals surface area contributed by atoms with E-state index in [-0.39, 0.29) is 36.0 Å². The van der Waals surface area contributed by atoms with E-state index in [0.29, 0.717) is 26.1 Å². The predicted molar refractivity (Wildman–Crippen MR) is 121 cm³/mol. The van der Waals surface area contributed by atoms with E-state index in [4.69, 9.17) is 9.47 Å². The molecule has 0 spiro atoms. The van der Waals surface area contributed by atoms with E-state index in [1.807, 2.05) is 17.0 Å². The van der Waals surface area contributed by atoms with Crippen LogP contribution in [0.1, 0.15) is 35.6 Å². The normalized spacial score (nSPS) is 30.3. The third kappa shape index (κ3) is 4.43. The van der Waals surface area contributed by atoms with Gasteiger partial charge in [-0.15, -0.1) is 0 Å². The summed E-state index contributed by atoms with van der Waals surface area (Å²) in [4.78, 5) is 18.0. The Kier molecular flexibility index (Phi) is 6.47. The van der Waals surface area contributed by atoms with Crippen molar-refractivity contribution in [3.05, 3.63) is 71.0 Å². The number of halogens is 1. The highest BCUT2D eigenvalue weighted by atomic mass is 19.1. The van der Waals surface area contributed by atoms with Gasteiger partial charge in [0.25, 0.3) is 5.91 Å². The van der Waals surface area contributed by atoms with Gasteiger partial charge >= 0.3 is 0 Å². The molecule has 6 nitrogen and oxygen atoms in total. The second-order valence-corrected chi connectivity index (χ2v) is 9.27. The standard InChI is InChI=1S/C26H31FN2O4/c1-32-24-16-33-23(14-22(24)28-12-11-20(30)15-28)26(31)29-13-10-17-4-2-3-5-21(17)25(29)18-6-8-19(27)9-7-18/h2-9,20,22-25,30H,10-16H2,1H3/t20-,22-,23+,24-,25-/m0/s1. The molecule has 5 rings (SSSR count). The number of methoxy groups -OCH3 is 1. The first-order valence-electron chi connectivity index (χ1n) is 11.8. The van der Waals surface area contributed by atoms with Crippen LogP contribution in [0.4, 0.5) is 4.39 Å². The Morgan fingerprint density at radius 3 is 2.67 bits per heavy atom. The van der Waals surface area contributed by atoms with Gasteiger partial charge in [-0.2, -0.15) is 0 Å². The molecule has 2 aromatic rings. The summed E-state index contributed by atoms with van der Waals surface area (Å²) >= 11 is 0. The van der Waals surface area contributed by atoms with Crippen LogP contribution in [0.25, 0.3) is 0 Å². The number of ether oxygens (including phenoxy) is 2. The maximum absolute atomic E-state index is 13.9. The van der Waals surface area contributed by atoms with E-state index >= 15 is 0 Å². The number of carbonyl (C=O) groups excluding carboxylic acids is 1. The van der Waals surface area contributed by atoms with Crippen molar-refractivity contribution in [3.8, 4) is 0 Å². The van der Waals surface area contributed by atoms with Crippen molar-refractivity contribution >= 4 is 5.91 Å². The molecule has 5 atom stereocenters. The number of carbonyl (C=O) groups is 1. The summed E-state index contributed by atoms with van der Waals surface area (Å²) in [6.45, 7) is 2.32. The van der Waals surface area contributed by atoms with Crippen molar-refractivity contribution in [1.29, 1.82) is 0 Å². The first-order chi connectivity index (χ1) is 16.0. The lowest BCUT2D eigenvalue weighted by Crippen LogP contribution is -2.56. The lowest BCUT2D eigenvalue weighted by Gasteiger charge is -2.43. The summed E-state index contributed by atoms with van der Waals surface area (Å²) < 4.78 is 25.4. The van der Waals surface area contributed by atoms with Crippen LogP contribution in [0.5, 0.6) is 0 Å². The number of nitrogens with zero attached hydrogens (tertiary/aromatic N) is 2. The number of likely N-dealkylation sites (tertiary alicyclic amines) is 1. The number of benzene rings is 2. The van der Waals surface area contributed by atoms with Gasteiger partial charge in [0.05, 0.1) is 24.9 Å². The molecule has 3 heterocycles. The Labute approximate surface area is 193 Å². The molecule has 1 amide bonds. The Balaban J connectivity index is 1.42. The Hall–Kier alpha value is -2.32. The van der Waals surface area contributed by atoms with Crippen molar-refractivity contribution in [2.24, 2.45) is 0 Å². The molecule has 0 aliphatic carbocycles. The summed E-state index contributed by atoms with van der Waals surface area (Å²) in [5, 5.41) is 10.0. The molecule has 0 aromatic heterocycles. The zero-order valence-electron chi connectivity index (χ0n) is 18.9. The van der Waals surface area contributed by atoms with E-state index in [1.54, 1.807) is 19.2 Å². The molecular weight excluding hydrogens is 423 g/mol. The fraction of sp³-hybridized carbons (Fsp3) is 0.500. The second kappa shape index (κ2) is 9.50. The summed E-state index contributed by atoms with van der Waals surface area (Å²) in [6.07, 6.45) is 0.998. The smallest absolute Gasteiger partial charge is 0.252 e. The number of hydrogen-bond acceptors (Lipinski definition) is 5. The van der Waals surface area contributed by atoms with E-state index in [2.05, 4.69) is 17.0 Å². The first kappa shape index (κ1) is 22.5. The average molecular weight is 455 g/mol. The fourth-order valence-corrected chi connectivity index (χ4v) is 5.61. The van der Waals surface area contributed by atoms with E-state index < -0.39 is 6.10 Å². The minimum Gasteiger partial charge on any atom is -0.392 e. The molecule has 3 aliphatic rings. The quantitative estimate of drug-likeness (QED) is 0.770. The molecule has 0 saturated carbocycles. The van der Waals surface area contributed by atoms with Crippen molar-refractivity contribution in [3.63, 3.8) is 0 Å². The van der Waals surface area contributed by atoms with Crippen molar-refractivity contribution in [1.82, 2.24) is 9.80 Å². The number of rotatable bonds is 4. The first-order valence-corrected chi connectivity index (χ1v) is 11.8. The van der Waals surface area contributed by atoms with Crippen LogP contribution in [0.15, 0.2) is 48.5 Å². The fourth-order valence-electron chi connectivity index (χ4n) is 5.61. The molecule has 0 unspecified atom stereocenters. The molecule has 0 bridgehead atoms. The van der Waals surface area contributed by atoms with Crippen LogP contribution in [-0.2, 0) is 20.7 Å². The van der Waals surface area contributed by atoms with E-state index in [0.717, 1.165) is 30.5 Å². The summed E-state index contributed by atoms with van der Waals surface area (Å²) in [6, 6.07) is 14.3. The Bertz CT molecular complexity index is 985.